The minimum absolute atomic E-state index is 0.0416. The number of quaternary nitrogens is 1. The van der Waals surface area contributed by atoms with Crippen LogP contribution in [0.4, 0.5) is 0 Å². The van der Waals surface area contributed by atoms with Crippen molar-refractivity contribution in [2.45, 2.75) is 206 Å². The molecule has 0 aliphatic heterocycles. The molecule has 0 aliphatic rings. The molecule has 9 nitrogen and oxygen atoms in total. The monoisotopic (exact) mass is 967 g/mol. The predicted octanol–water partition coefficient (Wildman–Crippen LogP) is 15.2. The number of phosphoric ester groups is 1. The first-order valence-electron chi connectivity index (χ1n) is 26.7. The van der Waals surface area contributed by atoms with E-state index in [0.29, 0.717) is 23.9 Å². The lowest BCUT2D eigenvalue weighted by Gasteiger charge is -2.30. The van der Waals surface area contributed by atoms with Crippen molar-refractivity contribution in [1.82, 2.24) is 5.32 Å². The number of hydrogen-bond donors (Lipinski definition) is 1. The number of carbonyl (C=O) groups is 2. The predicted molar refractivity (Wildman–Crippen MR) is 288 cm³/mol. The van der Waals surface area contributed by atoms with Crippen LogP contribution in [0.25, 0.3) is 0 Å². The molecule has 0 radical (unpaired) electrons. The van der Waals surface area contributed by atoms with Crippen molar-refractivity contribution in [1.29, 1.82) is 0 Å². The van der Waals surface area contributed by atoms with Crippen LogP contribution in [0.2, 0.25) is 0 Å². The quantitative estimate of drug-likeness (QED) is 0.0212. The zero-order valence-electron chi connectivity index (χ0n) is 44.0. The lowest BCUT2D eigenvalue weighted by atomic mass is 10.1. The topological polar surface area (TPSA) is 114 Å². The van der Waals surface area contributed by atoms with E-state index in [4.69, 9.17) is 13.8 Å². The van der Waals surface area contributed by atoms with Gasteiger partial charge in [0, 0.05) is 12.8 Å². The molecular formula is C58H99N2O7P. The summed E-state index contributed by atoms with van der Waals surface area (Å²) in [6.07, 6.45) is 63.5. The van der Waals surface area contributed by atoms with Gasteiger partial charge < -0.3 is 28.5 Å². The number of ether oxygens (including phenoxy) is 1. The summed E-state index contributed by atoms with van der Waals surface area (Å²) < 4.78 is 30.1. The second-order valence-electron chi connectivity index (χ2n) is 18.6. The summed E-state index contributed by atoms with van der Waals surface area (Å²) in [5.41, 5.74) is 0. The molecule has 3 atom stereocenters. The lowest BCUT2D eigenvalue weighted by molar-refractivity contribution is -0.870. The number of likely N-dealkylation sites (N-methyl/N-ethyl adjacent to an activating group) is 1. The summed E-state index contributed by atoms with van der Waals surface area (Å²) in [7, 11) is 1.12. The fourth-order valence-electron chi connectivity index (χ4n) is 6.86. The summed E-state index contributed by atoms with van der Waals surface area (Å²) in [5, 5.41) is 2.98. The van der Waals surface area contributed by atoms with Crippen molar-refractivity contribution in [2.75, 3.05) is 40.9 Å². The number of esters is 1. The van der Waals surface area contributed by atoms with Crippen LogP contribution in [0.1, 0.15) is 194 Å². The van der Waals surface area contributed by atoms with Crippen molar-refractivity contribution < 1.29 is 37.3 Å². The molecule has 0 bridgehead atoms. The minimum atomic E-state index is -4.71. The number of phosphoric acid groups is 1. The smallest absolute Gasteiger partial charge is 0.306 e. The first kappa shape index (κ1) is 64.7. The molecule has 1 amide bonds. The molecule has 0 saturated carbocycles. The number of nitrogens with zero attached hydrogens (tertiary/aromatic N) is 1. The van der Waals surface area contributed by atoms with E-state index in [2.05, 4.69) is 123 Å². The Bertz CT molecular complexity index is 1530. The van der Waals surface area contributed by atoms with E-state index in [-0.39, 0.29) is 25.4 Å². The second-order valence-corrected chi connectivity index (χ2v) is 20.0. The fourth-order valence-corrected chi connectivity index (χ4v) is 7.59. The third kappa shape index (κ3) is 47.7. The van der Waals surface area contributed by atoms with Crippen LogP contribution in [0.5, 0.6) is 0 Å². The number of allylic oxidation sites excluding steroid dienone is 17. The minimum Gasteiger partial charge on any atom is -0.756 e. The number of unbranched alkanes of at least 4 members (excludes halogenated alkanes) is 14. The Morgan fingerprint density at radius 3 is 1.44 bits per heavy atom. The Morgan fingerprint density at radius 2 is 0.956 bits per heavy atom. The Labute approximate surface area is 417 Å². The highest BCUT2D eigenvalue weighted by Crippen LogP contribution is 2.38. The normalized spacial score (nSPS) is 14.8. The van der Waals surface area contributed by atoms with Gasteiger partial charge in [-0.1, -0.05) is 188 Å². The average molecular weight is 967 g/mol. The zero-order chi connectivity index (χ0) is 50.1. The maximum Gasteiger partial charge on any atom is 0.306 e. The van der Waals surface area contributed by atoms with Gasteiger partial charge >= 0.3 is 5.97 Å². The van der Waals surface area contributed by atoms with E-state index in [0.717, 1.165) is 103 Å². The van der Waals surface area contributed by atoms with Crippen LogP contribution in [0.3, 0.4) is 0 Å². The highest BCUT2D eigenvalue weighted by molar-refractivity contribution is 7.45. The second kappa shape index (κ2) is 47.4. The third-order valence-electron chi connectivity index (χ3n) is 10.9. The summed E-state index contributed by atoms with van der Waals surface area (Å²) in [5.74, 6) is -0.648. The highest BCUT2D eigenvalue weighted by Gasteiger charge is 2.27. The number of amides is 1. The lowest BCUT2D eigenvalue weighted by Crippen LogP contribution is -2.47. The molecule has 0 aromatic rings. The van der Waals surface area contributed by atoms with Crippen molar-refractivity contribution in [3.05, 3.63) is 109 Å². The first-order valence-corrected chi connectivity index (χ1v) is 28.2. The van der Waals surface area contributed by atoms with Gasteiger partial charge in [-0.05, 0) is 102 Å². The first-order chi connectivity index (χ1) is 32.9. The Hall–Kier alpha value is -3.33. The van der Waals surface area contributed by atoms with Crippen LogP contribution < -0.4 is 10.2 Å². The maximum absolute atomic E-state index is 13.4. The van der Waals surface area contributed by atoms with E-state index >= 15 is 0 Å². The van der Waals surface area contributed by atoms with Crippen LogP contribution in [-0.4, -0.2) is 69.4 Å². The Balaban J connectivity index is 5.53. The van der Waals surface area contributed by atoms with Crippen LogP contribution in [-0.2, 0) is 27.9 Å². The SMILES string of the molecule is CC/C=C\C/C=C\C/C=C\C/C=C\C/C=C\CCCC(=O)OC(/C=C/CCCCCCCCCCC)C(COP(=O)([O-])OCC[N+](C)(C)C)NC(=O)CCCCCC/C=C/C/C=C/C/C=C/CC. The van der Waals surface area contributed by atoms with Crippen molar-refractivity contribution >= 4 is 19.7 Å². The zero-order valence-corrected chi connectivity index (χ0v) is 44.9. The maximum atomic E-state index is 13.4. The van der Waals surface area contributed by atoms with Crippen molar-refractivity contribution in [3.8, 4) is 0 Å². The number of nitrogens with one attached hydrogen (secondary N) is 1. The molecule has 0 fully saturated rings. The van der Waals surface area contributed by atoms with Gasteiger partial charge in [0.05, 0.1) is 33.8 Å². The molecular weight excluding hydrogens is 868 g/mol. The summed E-state index contributed by atoms with van der Waals surface area (Å²) in [6, 6.07) is -0.928. The van der Waals surface area contributed by atoms with Gasteiger partial charge in [0.25, 0.3) is 7.82 Å². The molecule has 68 heavy (non-hydrogen) atoms. The molecule has 0 aromatic carbocycles. The Morgan fingerprint density at radius 1 is 0.529 bits per heavy atom. The molecule has 1 N–H and O–H groups in total. The fraction of sp³-hybridized carbons (Fsp3) is 0.655. The number of carbonyl (C=O) groups excluding carboxylic acids is 2. The van der Waals surface area contributed by atoms with Gasteiger partial charge in [-0.2, -0.15) is 0 Å². The van der Waals surface area contributed by atoms with Crippen molar-refractivity contribution in [2.24, 2.45) is 0 Å². The number of hydrogen-bond acceptors (Lipinski definition) is 7. The number of rotatable bonds is 46. The van der Waals surface area contributed by atoms with E-state index in [1.54, 1.807) is 6.08 Å². The molecule has 3 unspecified atom stereocenters. The summed E-state index contributed by atoms with van der Waals surface area (Å²) >= 11 is 0. The molecule has 0 saturated heterocycles. The van der Waals surface area contributed by atoms with E-state index < -0.39 is 32.5 Å². The average Bonchev–Trinajstić information content (AvgIpc) is 3.29. The largest absolute Gasteiger partial charge is 0.756 e. The van der Waals surface area contributed by atoms with Crippen molar-refractivity contribution in [3.63, 3.8) is 0 Å². The molecule has 0 rings (SSSR count). The van der Waals surface area contributed by atoms with E-state index in [1.807, 2.05) is 27.2 Å². The van der Waals surface area contributed by atoms with Gasteiger partial charge in [-0.3, -0.25) is 14.2 Å². The highest BCUT2D eigenvalue weighted by atomic mass is 31.2. The summed E-state index contributed by atoms with van der Waals surface area (Å²) in [4.78, 5) is 39.7. The molecule has 0 spiro atoms. The molecule has 0 aliphatic carbocycles. The third-order valence-corrected chi connectivity index (χ3v) is 11.9. The van der Waals surface area contributed by atoms with Crippen LogP contribution in [0.15, 0.2) is 109 Å². The van der Waals surface area contributed by atoms with Gasteiger partial charge in [-0.15, -0.1) is 0 Å². The standard InChI is InChI=1S/C58H99N2O7P/c1-7-10-13-16-19-22-25-27-29-30-31-33-36-39-42-45-48-51-58(62)67-56(49-46-43-40-37-34-24-21-18-15-12-9-3)55(54-66-68(63,64)65-53-52-60(4,5)6)59-57(61)50-47-44-41-38-35-32-28-26-23-20-17-14-11-8-2/h10-11,13-14,19-20,22-23,27-29,31-33,39,42,46,49,55-56H,7-9,12,15-18,21,24-26,30,34-38,40-41,43-45,47-48,50-54H2,1-6H3,(H-,59,61,63,64)/b13-10-,14-11+,22-19-,23-20+,29-27-,32-28+,33-31-,42-39-,49-46+. The Kier molecular flexibility index (Phi) is 45.0. The molecule has 388 valence electrons. The molecule has 10 heteroatoms. The summed E-state index contributed by atoms with van der Waals surface area (Å²) in [6.45, 7) is 6.51. The van der Waals surface area contributed by atoms with Gasteiger partial charge in [-0.25, -0.2) is 0 Å². The van der Waals surface area contributed by atoms with E-state index in [9.17, 15) is 19.0 Å². The molecule has 0 aromatic heterocycles. The van der Waals surface area contributed by atoms with E-state index in [1.165, 1.54) is 44.9 Å². The van der Waals surface area contributed by atoms with Crippen LogP contribution in [0, 0.1) is 0 Å². The van der Waals surface area contributed by atoms with Gasteiger partial charge in [0.2, 0.25) is 5.91 Å². The van der Waals surface area contributed by atoms with Gasteiger partial charge in [0.1, 0.15) is 19.3 Å². The van der Waals surface area contributed by atoms with Gasteiger partial charge in [0.15, 0.2) is 0 Å². The van der Waals surface area contributed by atoms with Crippen LogP contribution >= 0.6 is 7.82 Å². The molecule has 0 heterocycles.